The molecule has 1 amide bonds. The predicted molar refractivity (Wildman–Crippen MR) is 84.3 cm³/mol. The van der Waals surface area contributed by atoms with Crippen LogP contribution in [-0.2, 0) is 0 Å². The highest BCUT2D eigenvalue weighted by Gasteiger charge is 2.06. The van der Waals surface area contributed by atoms with E-state index < -0.39 is 0 Å². The average Bonchev–Trinajstić information content (AvgIpc) is 2.39. The van der Waals surface area contributed by atoms with Crippen molar-refractivity contribution in [2.45, 2.75) is 27.7 Å². The first-order valence-corrected chi connectivity index (χ1v) is 7.21. The molecule has 19 heavy (non-hydrogen) atoms. The lowest BCUT2D eigenvalue weighted by Gasteiger charge is -2.09. The Balaban J connectivity index is 2.62. The highest BCUT2D eigenvalue weighted by molar-refractivity contribution is 8.05. The third kappa shape index (κ3) is 5.35. The summed E-state index contributed by atoms with van der Waals surface area (Å²) in [5.74, 6) is -0.0279. The molecule has 3 heteroatoms. The molecular weight excluding hydrogens is 254 g/mol. The summed E-state index contributed by atoms with van der Waals surface area (Å²) in [7, 11) is 0. The van der Waals surface area contributed by atoms with Gasteiger partial charge in [-0.25, -0.2) is 0 Å². The van der Waals surface area contributed by atoms with Crippen LogP contribution in [0.5, 0.6) is 0 Å². The van der Waals surface area contributed by atoms with E-state index in [9.17, 15) is 4.79 Å². The quantitative estimate of drug-likeness (QED) is 0.868. The van der Waals surface area contributed by atoms with E-state index in [-0.39, 0.29) is 5.91 Å². The SMILES string of the molecule is C/C=C\SC(CNC(=O)c1ccc(C)cc1)=C(C)C. The minimum absolute atomic E-state index is 0.0279. The van der Waals surface area contributed by atoms with Crippen LogP contribution in [-0.4, -0.2) is 12.5 Å². The zero-order valence-electron chi connectivity index (χ0n) is 12.0. The second-order valence-electron chi connectivity index (χ2n) is 4.56. The fraction of sp³-hybridized carbons (Fsp3) is 0.312. The molecule has 0 aliphatic carbocycles. The monoisotopic (exact) mass is 275 g/mol. The van der Waals surface area contributed by atoms with Crippen LogP contribution in [0.3, 0.4) is 0 Å². The predicted octanol–water partition coefficient (Wildman–Crippen LogP) is 4.29. The van der Waals surface area contributed by atoms with E-state index in [0.29, 0.717) is 12.1 Å². The number of carbonyl (C=O) groups excluding carboxylic acids is 1. The zero-order chi connectivity index (χ0) is 14.3. The van der Waals surface area contributed by atoms with E-state index in [1.54, 1.807) is 11.8 Å². The number of benzene rings is 1. The molecule has 0 spiro atoms. The molecule has 1 N–H and O–H groups in total. The molecule has 0 aliphatic rings. The van der Waals surface area contributed by atoms with E-state index in [0.717, 1.165) is 5.56 Å². The molecule has 0 aliphatic heterocycles. The molecule has 1 aromatic carbocycles. The van der Waals surface area contributed by atoms with Gasteiger partial charge in [0.1, 0.15) is 0 Å². The van der Waals surface area contributed by atoms with Gasteiger partial charge in [-0.15, -0.1) is 11.8 Å². The number of aryl methyl sites for hydroxylation is 1. The van der Waals surface area contributed by atoms with E-state index in [2.05, 4.69) is 19.2 Å². The number of carbonyl (C=O) groups is 1. The Labute approximate surface area is 120 Å². The van der Waals surface area contributed by atoms with Crippen molar-refractivity contribution < 1.29 is 4.79 Å². The number of nitrogens with one attached hydrogen (secondary N) is 1. The molecule has 1 aromatic rings. The Kier molecular flexibility index (Phi) is 6.43. The van der Waals surface area contributed by atoms with Gasteiger partial charge in [0.25, 0.3) is 5.91 Å². The van der Waals surface area contributed by atoms with Crippen molar-refractivity contribution in [3.8, 4) is 0 Å². The summed E-state index contributed by atoms with van der Waals surface area (Å²) < 4.78 is 0. The molecule has 0 unspecified atom stereocenters. The van der Waals surface area contributed by atoms with Crippen LogP contribution >= 0.6 is 11.8 Å². The molecule has 0 heterocycles. The largest absolute Gasteiger partial charge is 0.347 e. The van der Waals surface area contributed by atoms with Gasteiger partial charge >= 0.3 is 0 Å². The summed E-state index contributed by atoms with van der Waals surface area (Å²) in [6, 6.07) is 7.61. The highest BCUT2D eigenvalue weighted by atomic mass is 32.2. The maximum Gasteiger partial charge on any atom is 0.251 e. The Bertz CT molecular complexity index is 482. The third-order valence-electron chi connectivity index (χ3n) is 2.63. The van der Waals surface area contributed by atoms with Crippen LogP contribution in [0.15, 0.2) is 46.2 Å². The lowest BCUT2D eigenvalue weighted by molar-refractivity contribution is 0.0957. The molecule has 0 atom stereocenters. The first-order chi connectivity index (χ1) is 9.04. The number of amides is 1. The summed E-state index contributed by atoms with van der Waals surface area (Å²) in [5, 5.41) is 4.99. The summed E-state index contributed by atoms with van der Waals surface area (Å²) in [5.41, 5.74) is 3.09. The van der Waals surface area contributed by atoms with Crippen LogP contribution in [0.2, 0.25) is 0 Å². The van der Waals surface area contributed by atoms with E-state index in [4.69, 9.17) is 0 Å². The van der Waals surface area contributed by atoms with Gasteiger partial charge in [0.2, 0.25) is 0 Å². The van der Waals surface area contributed by atoms with Crippen LogP contribution in [0.4, 0.5) is 0 Å². The fourth-order valence-corrected chi connectivity index (χ4v) is 2.15. The maximum atomic E-state index is 12.0. The lowest BCUT2D eigenvalue weighted by Crippen LogP contribution is -2.25. The second-order valence-corrected chi connectivity index (χ2v) is 5.56. The van der Waals surface area contributed by atoms with Gasteiger partial charge < -0.3 is 5.32 Å². The highest BCUT2D eigenvalue weighted by Crippen LogP contribution is 2.20. The maximum absolute atomic E-state index is 12.0. The molecule has 0 bridgehead atoms. The van der Waals surface area contributed by atoms with Crippen LogP contribution in [0.1, 0.15) is 36.7 Å². The molecule has 1 rings (SSSR count). The Hall–Kier alpha value is -1.48. The molecule has 0 fully saturated rings. The van der Waals surface area contributed by atoms with Crippen molar-refractivity contribution in [3.63, 3.8) is 0 Å². The number of rotatable bonds is 5. The number of thioether (sulfide) groups is 1. The number of hydrogen-bond acceptors (Lipinski definition) is 2. The number of allylic oxidation sites excluding steroid dienone is 2. The standard InChI is InChI=1S/C16H21NOS/c1-5-10-19-15(12(2)3)11-17-16(18)14-8-6-13(4)7-9-14/h5-10H,11H2,1-4H3,(H,17,18)/b10-5-. The zero-order valence-corrected chi connectivity index (χ0v) is 12.8. The van der Waals surface area contributed by atoms with Gasteiger partial charge in [0, 0.05) is 17.0 Å². The minimum atomic E-state index is -0.0279. The van der Waals surface area contributed by atoms with Gasteiger partial charge in [-0.05, 0) is 45.2 Å². The van der Waals surface area contributed by atoms with Gasteiger partial charge in [0.15, 0.2) is 0 Å². The van der Waals surface area contributed by atoms with E-state index in [1.807, 2.05) is 49.6 Å². The molecule has 0 saturated heterocycles. The molecular formula is C16H21NOS. The van der Waals surface area contributed by atoms with Crippen molar-refractivity contribution in [1.82, 2.24) is 5.32 Å². The summed E-state index contributed by atoms with van der Waals surface area (Å²) in [4.78, 5) is 13.2. The summed E-state index contributed by atoms with van der Waals surface area (Å²) in [6.07, 6.45) is 2.00. The van der Waals surface area contributed by atoms with E-state index >= 15 is 0 Å². The molecule has 0 saturated carbocycles. The summed E-state index contributed by atoms with van der Waals surface area (Å²) in [6.45, 7) is 8.69. The Morgan fingerprint density at radius 2 is 1.89 bits per heavy atom. The van der Waals surface area contributed by atoms with Gasteiger partial charge in [-0.1, -0.05) is 29.3 Å². The molecule has 2 nitrogen and oxygen atoms in total. The Morgan fingerprint density at radius 3 is 2.42 bits per heavy atom. The second kappa shape index (κ2) is 7.85. The van der Waals surface area contributed by atoms with Crippen molar-refractivity contribution in [2.75, 3.05) is 6.54 Å². The van der Waals surface area contributed by atoms with Crippen molar-refractivity contribution >= 4 is 17.7 Å². The molecule has 102 valence electrons. The summed E-state index contributed by atoms with van der Waals surface area (Å²) >= 11 is 1.65. The smallest absolute Gasteiger partial charge is 0.251 e. The average molecular weight is 275 g/mol. The minimum Gasteiger partial charge on any atom is -0.347 e. The van der Waals surface area contributed by atoms with Gasteiger partial charge in [0.05, 0.1) is 0 Å². The third-order valence-corrected chi connectivity index (χ3v) is 3.87. The van der Waals surface area contributed by atoms with Crippen LogP contribution in [0.25, 0.3) is 0 Å². The Morgan fingerprint density at radius 1 is 1.26 bits per heavy atom. The normalized spacial score (nSPS) is 10.5. The first-order valence-electron chi connectivity index (χ1n) is 6.33. The molecule has 0 aromatic heterocycles. The first kappa shape index (κ1) is 15.6. The van der Waals surface area contributed by atoms with Crippen molar-refractivity contribution in [1.29, 1.82) is 0 Å². The van der Waals surface area contributed by atoms with Crippen LogP contribution in [0, 0.1) is 6.92 Å². The van der Waals surface area contributed by atoms with Crippen molar-refractivity contribution in [3.05, 3.63) is 57.4 Å². The lowest BCUT2D eigenvalue weighted by atomic mass is 10.1. The fourth-order valence-electron chi connectivity index (χ4n) is 1.45. The van der Waals surface area contributed by atoms with Gasteiger partial charge in [-0.3, -0.25) is 4.79 Å². The number of hydrogen-bond donors (Lipinski definition) is 1. The topological polar surface area (TPSA) is 29.1 Å². The van der Waals surface area contributed by atoms with Crippen molar-refractivity contribution in [2.24, 2.45) is 0 Å². The van der Waals surface area contributed by atoms with Gasteiger partial charge in [-0.2, -0.15) is 0 Å². The van der Waals surface area contributed by atoms with E-state index in [1.165, 1.54) is 10.5 Å². The van der Waals surface area contributed by atoms with Crippen LogP contribution < -0.4 is 5.32 Å². The molecule has 0 radical (unpaired) electrons.